The molecule has 1 unspecified atom stereocenters. The number of fused-ring (bicyclic) bond motifs is 1. The van der Waals surface area contributed by atoms with Gasteiger partial charge in [-0.05, 0) is 24.2 Å². The molecule has 0 saturated heterocycles. The van der Waals surface area contributed by atoms with E-state index >= 15 is 0 Å². The fourth-order valence-electron chi connectivity index (χ4n) is 1.89. The SMILES string of the molecule is NC(=S)OC1(N)CCc2ccccc21. The Hall–Kier alpha value is -1.13. The fraction of sp³-hybridized carbons (Fsp3) is 0.300. The summed E-state index contributed by atoms with van der Waals surface area (Å²) in [6.45, 7) is 0. The van der Waals surface area contributed by atoms with Crippen molar-refractivity contribution in [3.63, 3.8) is 0 Å². The lowest BCUT2D eigenvalue weighted by atomic mass is 10.1. The van der Waals surface area contributed by atoms with Crippen molar-refractivity contribution < 1.29 is 4.74 Å². The van der Waals surface area contributed by atoms with Gasteiger partial charge < -0.3 is 10.5 Å². The minimum atomic E-state index is -0.817. The molecule has 3 nitrogen and oxygen atoms in total. The molecule has 0 fully saturated rings. The van der Waals surface area contributed by atoms with Crippen LogP contribution in [0.25, 0.3) is 0 Å². The Kier molecular flexibility index (Phi) is 2.17. The number of nitrogens with two attached hydrogens (primary N) is 2. The molecule has 0 bridgehead atoms. The van der Waals surface area contributed by atoms with Crippen molar-refractivity contribution in [3.8, 4) is 0 Å². The van der Waals surface area contributed by atoms with E-state index in [-0.39, 0.29) is 5.17 Å². The summed E-state index contributed by atoms with van der Waals surface area (Å²) in [4.78, 5) is 0. The minimum Gasteiger partial charge on any atom is -0.445 e. The van der Waals surface area contributed by atoms with Crippen molar-refractivity contribution in [2.75, 3.05) is 0 Å². The zero-order valence-electron chi connectivity index (χ0n) is 7.69. The van der Waals surface area contributed by atoms with Crippen molar-refractivity contribution in [1.82, 2.24) is 0 Å². The molecule has 0 radical (unpaired) electrons. The van der Waals surface area contributed by atoms with Gasteiger partial charge in [0.1, 0.15) is 0 Å². The molecule has 0 heterocycles. The van der Waals surface area contributed by atoms with Crippen LogP contribution in [0.1, 0.15) is 17.5 Å². The van der Waals surface area contributed by atoms with Crippen LogP contribution in [0.5, 0.6) is 0 Å². The first-order valence-corrected chi connectivity index (χ1v) is 4.88. The molecule has 0 amide bonds. The Morgan fingerprint density at radius 2 is 2.14 bits per heavy atom. The number of ether oxygens (including phenoxy) is 1. The Balaban J connectivity index is 2.37. The maximum absolute atomic E-state index is 6.08. The van der Waals surface area contributed by atoms with Gasteiger partial charge in [-0.15, -0.1) is 0 Å². The number of hydrogen-bond acceptors (Lipinski definition) is 3. The number of hydrogen-bond donors (Lipinski definition) is 2. The fourth-order valence-corrected chi connectivity index (χ4v) is 2.04. The van der Waals surface area contributed by atoms with E-state index in [2.05, 4.69) is 0 Å². The van der Waals surface area contributed by atoms with Crippen LogP contribution in [-0.2, 0) is 16.9 Å². The molecule has 1 aliphatic carbocycles. The van der Waals surface area contributed by atoms with Gasteiger partial charge in [-0.1, -0.05) is 24.3 Å². The van der Waals surface area contributed by atoms with Crippen molar-refractivity contribution >= 4 is 17.4 Å². The van der Waals surface area contributed by atoms with Gasteiger partial charge >= 0.3 is 0 Å². The lowest BCUT2D eigenvalue weighted by Crippen LogP contribution is -2.40. The molecule has 4 N–H and O–H groups in total. The summed E-state index contributed by atoms with van der Waals surface area (Å²) >= 11 is 4.71. The molecule has 1 aromatic carbocycles. The second-order valence-corrected chi connectivity index (χ2v) is 3.87. The number of thiocarbonyl (C=S) groups is 1. The Morgan fingerprint density at radius 3 is 2.86 bits per heavy atom. The molecule has 1 atom stereocenters. The average molecular weight is 208 g/mol. The van der Waals surface area contributed by atoms with Crippen molar-refractivity contribution in [2.24, 2.45) is 11.5 Å². The van der Waals surface area contributed by atoms with Gasteiger partial charge in [0.2, 0.25) is 0 Å². The highest BCUT2D eigenvalue weighted by molar-refractivity contribution is 7.80. The van der Waals surface area contributed by atoms with Crippen LogP contribution in [0.4, 0.5) is 0 Å². The van der Waals surface area contributed by atoms with Crippen molar-refractivity contribution in [2.45, 2.75) is 18.6 Å². The highest BCUT2D eigenvalue weighted by atomic mass is 32.1. The van der Waals surface area contributed by atoms with Gasteiger partial charge in [0.15, 0.2) is 5.72 Å². The smallest absolute Gasteiger partial charge is 0.255 e. The molecule has 0 spiro atoms. The van der Waals surface area contributed by atoms with E-state index in [1.54, 1.807) is 0 Å². The Bertz CT molecular complexity index is 380. The molecule has 0 aliphatic heterocycles. The van der Waals surface area contributed by atoms with Crippen LogP contribution in [0.3, 0.4) is 0 Å². The summed E-state index contributed by atoms with van der Waals surface area (Å²) in [5.74, 6) is 0. The molecule has 14 heavy (non-hydrogen) atoms. The number of benzene rings is 1. The second-order valence-electron chi connectivity index (χ2n) is 3.47. The predicted molar refractivity (Wildman–Crippen MR) is 58.5 cm³/mol. The third kappa shape index (κ3) is 1.47. The van der Waals surface area contributed by atoms with E-state index in [1.807, 2.05) is 24.3 Å². The number of aryl methyl sites for hydroxylation is 1. The lowest BCUT2D eigenvalue weighted by molar-refractivity contribution is 0.0636. The van der Waals surface area contributed by atoms with E-state index in [4.69, 9.17) is 28.4 Å². The average Bonchev–Trinajstić information content (AvgIpc) is 2.44. The van der Waals surface area contributed by atoms with E-state index in [9.17, 15) is 0 Å². The Labute approximate surface area is 88.0 Å². The molecule has 4 heteroatoms. The molecule has 0 saturated carbocycles. The quantitative estimate of drug-likeness (QED) is 0.534. The van der Waals surface area contributed by atoms with E-state index in [0.717, 1.165) is 18.4 Å². The molecule has 0 aromatic heterocycles. The molecule has 1 aromatic rings. The summed E-state index contributed by atoms with van der Waals surface area (Å²) in [5.41, 5.74) is 12.8. The van der Waals surface area contributed by atoms with Crippen molar-refractivity contribution in [3.05, 3.63) is 35.4 Å². The highest BCUT2D eigenvalue weighted by Crippen LogP contribution is 2.35. The maximum atomic E-state index is 6.08. The van der Waals surface area contributed by atoms with Gasteiger partial charge in [-0.2, -0.15) is 0 Å². The predicted octanol–water partition coefficient (Wildman–Crippen LogP) is 1.00. The molecular formula is C10H12N2OS. The summed E-state index contributed by atoms with van der Waals surface area (Å²) in [7, 11) is 0. The standard InChI is InChI=1S/C10H12N2OS/c11-9(14)13-10(12)6-5-7-3-1-2-4-8(7)10/h1-4H,5-6,12H2,(H2,11,14). The van der Waals surface area contributed by atoms with Gasteiger partial charge in [-0.25, -0.2) is 0 Å². The zero-order valence-corrected chi connectivity index (χ0v) is 8.51. The third-order valence-electron chi connectivity index (χ3n) is 2.52. The van der Waals surface area contributed by atoms with E-state index in [1.165, 1.54) is 5.56 Å². The highest BCUT2D eigenvalue weighted by Gasteiger charge is 2.37. The second kappa shape index (κ2) is 3.22. The normalized spacial score (nSPS) is 24.4. The summed E-state index contributed by atoms with van der Waals surface area (Å²) in [6, 6.07) is 7.94. The molecule has 1 aliphatic rings. The minimum absolute atomic E-state index is 0.00389. The summed E-state index contributed by atoms with van der Waals surface area (Å²) in [5, 5.41) is 0.00389. The lowest BCUT2D eigenvalue weighted by Gasteiger charge is -2.25. The zero-order chi connectivity index (χ0) is 10.2. The van der Waals surface area contributed by atoms with Crippen LogP contribution in [0.2, 0.25) is 0 Å². The van der Waals surface area contributed by atoms with Crippen molar-refractivity contribution in [1.29, 1.82) is 0 Å². The first-order valence-electron chi connectivity index (χ1n) is 4.47. The van der Waals surface area contributed by atoms with Crippen LogP contribution in [0.15, 0.2) is 24.3 Å². The van der Waals surface area contributed by atoms with Crippen LogP contribution >= 0.6 is 12.2 Å². The van der Waals surface area contributed by atoms with Gasteiger partial charge in [-0.3, -0.25) is 5.73 Å². The van der Waals surface area contributed by atoms with Gasteiger partial charge in [0, 0.05) is 12.0 Å². The largest absolute Gasteiger partial charge is 0.445 e. The molecule has 2 rings (SSSR count). The van der Waals surface area contributed by atoms with Crippen LogP contribution in [0, 0.1) is 0 Å². The maximum Gasteiger partial charge on any atom is 0.255 e. The van der Waals surface area contributed by atoms with E-state index < -0.39 is 5.72 Å². The van der Waals surface area contributed by atoms with E-state index in [0.29, 0.717) is 0 Å². The van der Waals surface area contributed by atoms with Gasteiger partial charge in [0.05, 0.1) is 0 Å². The topological polar surface area (TPSA) is 61.3 Å². The number of rotatable bonds is 1. The van der Waals surface area contributed by atoms with Crippen LogP contribution < -0.4 is 11.5 Å². The van der Waals surface area contributed by atoms with Gasteiger partial charge in [0.25, 0.3) is 5.17 Å². The molecule has 74 valence electrons. The summed E-state index contributed by atoms with van der Waals surface area (Å²) < 4.78 is 5.31. The molecular weight excluding hydrogens is 196 g/mol. The third-order valence-corrected chi connectivity index (χ3v) is 2.61. The first-order chi connectivity index (χ1) is 6.62. The Morgan fingerprint density at radius 1 is 1.43 bits per heavy atom. The first kappa shape index (κ1) is 9.43. The van der Waals surface area contributed by atoms with Crippen LogP contribution in [-0.4, -0.2) is 5.17 Å². The summed E-state index contributed by atoms with van der Waals surface area (Å²) in [6.07, 6.45) is 1.64. The monoisotopic (exact) mass is 208 g/mol.